The molecule has 2 rings (SSSR count). The Morgan fingerprint density at radius 2 is 2.05 bits per heavy atom. The Hall–Kier alpha value is -2.34. The van der Waals surface area contributed by atoms with Crippen LogP contribution in [0.1, 0.15) is 23.2 Å². The molecule has 2 aromatic rings. The molecular formula is C16H18FNO4. The largest absolute Gasteiger partial charge is 0.486 e. The van der Waals surface area contributed by atoms with Gasteiger partial charge < -0.3 is 19.6 Å². The van der Waals surface area contributed by atoms with Crippen molar-refractivity contribution in [2.24, 2.45) is 5.92 Å². The van der Waals surface area contributed by atoms with Crippen LogP contribution in [0.15, 0.2) is 40.8 Å². The minimum Gasteiger partial charge on any atom is -0.486 e. The summed E-state index contributed by atoms with van der Waals surface area (Å²) in [7, 11) is 0. The van der Waals surface area contributed by atoms with Crippen LogP contribution in [0.25, 0.3) is 0 Å². The number of hydrogen-bond donors (Lipinski definition) is 2. The summed E-state index contributed by atoms with van der Waals surface area (Å²) in [6.45, 7) is 2.35. The molecule has 0 radical (unpaired) electrons. The van der Waals surface area contributed by atoms with Gasteiger partial charge in [0.25, 0.3) is 5.91 Å². The molecule has 1 aromatic carbocycles. The molecule has 22 heavy (non-hydrogen) atoms. The first-order valence-corrected chi connectivity index (χ1v) is 6.94. The molecule has 1 atom stereocenters. The van der Waals surface area contributed by atoms with E-state index >= 15 is 0 Å². The lowest BCUT2D eigenvalue weighted by Gasteiger charge is -2.08. The maximum atomic E-state index is 12.8. The third-order valence-electron chi connectivity index (χ3n) is 3.00. The van der Waals surface area contributed by atoms with Gasteiger partial charge in [0.05, 0.1) is 0 Å². The zero-order chi connectivity index (χ0) is 15.9. The molecule has 0 aliphatic rings. The standard InChI is InChI=1S/C16H18FNO4/c1-11(9-19)8-18-16(20)15-7-6-14(22-15)10-21-13-4-2-12(17)3-5-13/h2-7,11,19H,8-10H2,1H3,(H,18,20). The van der Waals surface area contributed by atoms with Gasteiger partial charge in [-0.25, -0.2) is 4.39 Å². The van der Waals surface area contributed by atoms with E-state index in [0.717, 1.165) is 0 Å². The number of rotatable bonds is 7. The van der Waals surface area contributed by atoms with E-state index in [1.165, 1.54) is 24.3 Å². The van der Waals surface area contributed by atoms with Gasteiger partial charge in [0.1, 0.15) is 23.9 Å². The predicted octanol–water partition coefficient (Wildman–Crippen LogP) is 2.36. The van der Waals surface area contributed by atoms with Crippen molar-refractivity contribution >= 4 is 5.91 Å². The van der Waals surface area contributed by atoms with Crippen molar-refractivity contribution in [1.82, 2.24) is 5.32 Å². The Morgan fingerprint density at radius 1 is 1.32 bits per heavy atom. The Kier molecular flexibility index (Phi) is 5.55. The fraction of sp³-hybridized carbons (Fsp3) is 0.312. The molecule has 118 valence electrons. The summed E-state index contributed by atoms with van der Waals surface area (Å²) >= 11 is 0. The number of carbonyl (C=O) groups excluding carboxylic acids is 1. The fourth-order valence-corrected chi connectivity index (χ4v) is 1.68. The van der Waals surface area contributed by atoms with E-state index in [2.05, 4.69) is 5.32 Å². The third kappa shape index (κ3) is 4.60. The molecule has 0 aliphatic heterocycles. The fourth-order valence-electron chi connectivity index (χ4n) is 1.68. The molecule has 1 heterocycles. The number of halogens is 1. The van der Waals surface area contributed by atoms with Crippen LogP contribution >= 0.6 is 0 Å². The van der Waals surface area contributed by atoms with E-state index in [4.69, 9.17) is 14.3 Å². The van der Waals surface area contributed by atoms with Gasteiger partial charge in [0, 0.05) is 13.2 Å². The Bertz CT molecular complexity index is 609. The number of ether oxygens (including phenoxy) is 1. The molecule has 0 saturated heterocycles. The van der Waals surface area contributed by atoms with Crippen LogP contribution in [0.4, 0.5) is 4.39 Å². The van der Waals surface area contributed by atoms with Crippen molar-refractivity contribution in [3.63, 3.8) is 0 Å². The van der Waals surface area contributed by atoms with Crippen molar-refractivity contribution in [3.05, 3.63) is 53.7 Å². The molecule has 0 aliphatic carbocycles. The molecule has 1 aromatic heterocycles. The van der Waals surface area contributed by atoms with Gasteiger partial charge in [-0.2, -0.15) is 0 Å². The smallest absolute Gasteiger partial charge is 0.287 e. The molecular weight excluding hydrogens is 289 g/mol. The summed E-state index contributed by atoms with van der Waals surface area (Å²) < 4.78 is 23.6. The maximum absolute atomic E-state index is 12.8. The van der Waals surface area contributed by atoms with Gasteiger partial charge in [0.15, 0.2) is 5.76 Å². The molecule has 5 nitrogen and oxygen atoms in total. The van der Waals surface area contributed by atoms with Crippen LogP contribution in [-0.2, 0) is 6.61 Å². The highest BCUT2D eigenvalue weighted by molar-refractivity contribution is 5.91. The topological polar surface area (TPSA) is 71.7 Å². The van der Waals surface area contributed by atoms with Crippen LogP contribution in [0, 0.1) is 11.7 Å². The average Bonchev–Trinajstić information content (AvgIpc) is 3.00. The van der Waals surface area contributed by atoms with Crippen LogP contribution in [0.2, 0.25) is 0 Å². The number of aliphatic hydroxyl groups is 1. The van der Waals surface area contributed by atoms with Gasteiger partial charge in [-0.3, -0.25) is 4.79 Å². The summed E-state index contributed by atoms with van der Waals surface area (Å²) in [6.07, 6.45) is 0. The lowest BCUT2D eigenvalue weighted by atomic mass is 10.2. The molecule has 0 fully saturated rings. The molecule has 6 heteroatoms. The van der Waals surface area contributed by atoms with E-state index in [-0.39, 0.29) is 36.6 Å². The monoisotopic (exact) mass is 307 g/mol. The zero-order valence-electron chi connectivity index (χ0n) is 12.2. The number of hydrogen-bond acceptors (Lipinski definition) is 4. The first-order chi connectivity index (χ1) is 10.6. The number of amides is 1. The van der Waals surface area contributed by atoms with E-state index in [1.807, 2.05) is 6.92 Å². The highest BCUT2D eigenvalue weighted by atomic mass is 19.1. The van der Waals surface area contributed by atoms with Crippen LogP contribution in [-0.4, -0.2) is 24.2 Å². The van der Waals surface area contributed by atoms with Crippen LogP contribution in [0.3, 0.4) is 0 Å². The van der Waals surface area contributed by atoms with Gasteiger partial charge in [-0.15, -0.1) is 0 Å². The van der Waals surface area contributed by atoms with E-state index < -0.39 is 0 Å². The Labute approximate surface area is 127 Å². The lowest BCUT2D eigenvalue weighted by Crippen LogP contribution is -2.29. The highest BCUT2D eigenvalue weighted by Gasteiger charge is 2.12. The normalized spacial score (nSPS) is 12.0. The van der Waals surface area contributed by atoms with E-state index in [1.54, 1.807) is 12.1 Å². The first-order valence-electron chi connectivity index (χ1n) is 6.94. The quantitative estimate of drug-likeness (QED) is 0.823. The number of benzene rings is 1. The van der Waals surface area contributed by atoms with Crippen molar-refractivity contribution < 1.29 is 23.4 Å². The highest BCUT2D eigenvalue weighted by Crippen LogP contribution is 2.15. The Morgan fingerprint density at radius 3 is 2.73 bits per heavy atom. The third-order valence-corrected chi connectivity index (χ3v) is 3.00. The zero-order valence-corrected chi connectivity index (χ0v) is 12.2. The molecule has 0 saturated carbocycles. The lowest BCUT2D eigenvalue weighted by molar-refractivity contribution is 0.0910. The number of aliphatic hydroxyl groups excluding tert-OH is 1. The second-order valence-electron chi connectivity index (χ2n) is 5.01. The summed E-state index contributed by atoms with van der Waals surface area (Å²) in [5, 5.41) is 11.6. The average molecular weight is 307 g/mol. The van der Waals surface area contributed by atoms with Gasteiger partial charge in [0.2, 0.25) is 0 Å². The molecule has 2 N–H and O–H groups in total. The van der Waals surface area contributed by atoms with Crippen molar-refractivity contribution in [2.45, 2.75) is 13.5 Å². The summed E-state index contributed by atoms with van der Waals surface area (Å²) in [5.74, 6) is 0.503. The predicted molar refractivity (Wildman–Crippen MR) is 78.0 cm³/mol. The minimum absolute atomic E-state index is 0.00912. The number of carbonyl (C=O) groups is 1. The number of nitrogens with one attached hydrogen (secondary N) is 1. The van der Waals surface area contributed by atoms with E-state index in [9.17, 15) is 9.18 Å². The van der Waals surface area contributed by atoms with Gasteiger partial charge >= 0.3 is 0 Å². The first kappa shape index (κ1) is 16.0. The van der Waals surface area contributed by atoms with Crippen molar-refractivity contribution in [2.75, 3.05) is 13.2 Å². The molecule has 1 amide bonds. The second kappa shape index (κ2) is 7.61. The maximum Gasteiger partial charge on any atom is 0.287 e. The minimum atomic E-state index is -0.340. The van der Waals surface area contributed by atoms with Crippen molar-refractivity contribution in [3.8, 4) is 5.75 Å². The number of furan rings is 1. The summed E-state index contributed by atoms with van der Waals surface area (Å²) in [6, 6.07) is 8.85. The Balaban J connectivity index is 1.85. The molecule has 0 spiro atoms. The van der Waals surface area contributed by atoms with Crippen molar-refractivity contribution in [1.29, 1.82) is 0 Å². The second-order valence-corrected chi connectivity index (χ2v) is 5.01. The summed E-state index contributed by atoms with van der Waals surface area (Å²) in [4.78, 5) is 11.8. The molecule has 1 unspecified atom stereocenters. The molecule has 0 bridgehead atoms. The van der Waals surface area contributed by atoms with Gasteiger partial charge in [-0.1, -0.05) is 6.92 Å². The SMILES string of the molecule is CC(CO)CNC(=O)c1ccc(COc2ccc(F)cc2)o1. The van der Waals surface area contributed by atoms with Crippen LogP contribution < -0.4 is 10.1 Å². The summed E-state index contributed by atoms with van der Waals surface area (Å²) in [5.41, 5.74) is 0. The van der Waals surface area contributed by atoms with Crippen LogP contribution in [0.5, 0.6) is 5.75 Å². The van der Waals surface area contributed by atoms with Gasteiger partial charge in [-0.05, 0) is 42.3 Å². The van der Waals surface area contributed by atoms with E-state index in [0.29, 0.717) is 18.1 Å².